The van der Waals surface area contributed by atoms with Gasteiger partial charge in [0.05, 0.1) is 23.8 Å². The molecule has 0 fully saturated rings. The summed E-state index contributed by atoms with van der Waals surface area (Å²) >= 11 is 6.12. The number of imidazole rings is 1. The first-order valence-electron chi connectivity index (χ1n) is 6.64. The fourth-order valence-corrected chi connectivity index (χ4v) is 2.39. The van der Waals surface area contributed by atoms with Crippen molar-refractivity contribution in [1.29, 1.82) is 0 Å². The van der Waals surface area contributed by atoms with Crippen molar-refractivity contribution in [3.63, 3.8) is 0 Å². The van der Waals surface area contributed by atoms with Crippen LogP contribution in [0.4, 0.5) is 11.6 Å². The summed E-state index contributed by atoms with van der Waals surface area (Å²) in [4.78, 5) is 7.78. The largest absolute Gasteiger partial charge is 0.495 e. The lowest BCUT2D eigenvalue weighted by atomic mass is 10.2. The zero-order valence-corrected chi connectivity index (χ0v) is 12.9. The minimum atomic E-state index is 0.677. The van der Waals surface area contributed by atoms with E-state index in [1.807, 2.05) is 25.1 Å². The van der Waals surface area contributed by atoms with Gasteiger partial charge in [-0.1, -0.05) is 17.7 Å². The van der Waals surface area contributed by atoms with Crippen LogP contribution in [0.5, 0.6) is 5.75 Å². The van der Waals surface area contributed by atoms with Crippen LogP contribution in [0, 0.1) is 13.8 Å². The van der Waals surface area contributed by atoms with Gasteiger partial charge >= 0.3 is 0 Å². The molecule has 0 atom stereocenters. The second kappa shape index (κ2) is 5.30. The van der Waals surface area contributed by atoms with Gasteiger partial charge in [0.1, 0.15) is 5.75 Å². The van der Waals surface area contributed by atoms with Crippen LogP contribution in [-0.4, -0.2) is 17.1 Å². The van der Waals surface area contributed by atoms with Gasteiger partial charge in [-0.15, -0.1) is 0 Å². The lowest BCUT2D eigenvalue weighted by Gasteiger charge is -2.11. The molecule has 108 valence electrons. The number of nitrogens with zero attached hydrogens (tertiary/aromatic N) is 1. The molecule has 0 saturated heterocycles. The lowest BCUT2D eigenvalue weighted by molar-refractivity contribution is 0.416. The third-order valence-electron chi connectivity index (χ3n) is 3.37. The molecule has 0 aliphatic rings. The molecule has 0 aliphatic heterocycles. The molecule has 0 amide bonds. The SMILES string of the molecule is COc1cc(Cl)c(C)cc1Nc1nc2ccc(C)cc2[nH]1. The Hall–Kier alpha value is -2.20. The Morgan fingerprint density at radius 1 is 1.19 bits per heavy atom. The highest BCUT2D eigenvalue weighted by Crippen LogP contribution is 2.32. The van der Waals surface area contributed by atoms with E-state index < -0.39 is 0 Å². The number of aromatic amines is 1. The first kappa shape index (κ1) is 13.8. The molecule has 1 heterocycles. The number of H-pyrrole nitrogens is 1. The molecule has 5 heteroatoms. The van der Waals surface area contributed by atoms with Crippen LogP contribution < -0.4 is 10.1 Å². The third kappa shape index (κ3) is 2.67. The molecule has 0 saturated carbocycles. The van der Waals surface area contributed by atoms with Crippen LogP contribution in [0.15, 0.2) is 30.3 Å². The van der Waals surface area contributed by atoms with Gasteiger partial charge in [-0.2, -0.15) is 0 Å². The number of nitrogens with one attached hydrogen (secondary N) is 2. The Kier molecular flexibility index (Phi) is 3.47. The fourth-order valence-electron chi connectivity index (χ4n) is 2.24. The van der Waals surface area contributed by atoms with Crippen LogP contribution >= 0.6 is 11.6 Å². The Bertz CT molecular complexity index is 811. The van der Waals surface area contributed by atoms with E-state index in [-0.39, 0.29) is 0 Å². The predicted octanol–water partition coefficient (Wildman–Crippen LogP) is 4.59. The second-order valence-electron chi connectivity index (χ2n) is 5.03. The summed E-state index contributed by atoms with van der Waals surface area (Å²) in [6.07, 6.45) is 0. The molecule has 0 spiro atoms. The molecule has 0 bridgehead atoms. The van der Waals surface area contributed by atoms with Crippen molar-refractivity contribution in [2.24, 2.45) is 0 Å². The number of ether oxygens (including phenoxy) is 1. The average molecular weight is 302 g/mol. The molecule has 2 aromatic carbocycles. The van der Waals surface area contributed by atoms with Gasteiger partial charge in [0, 0.05) is 11.1 Å². The Morgan fingerprint density at radius 3 is 2.76 bits per heavy atom. The summed E-state index contributed by atoms with van der Waals surface area (Å²) in [6, 6.07) is 9.85. The van der Waals surface area contributed by atoms with Gasteiger partial charge in [-0.3, -0.25) is 0 Å². The number of halogens is 1. The molecular weight excluding hydrogens is 286 g/mol. The Balaban J connectivity index is 2.00. The van der Waals surface area contributed by atoms with Crippen molar-refractivity contribution in [3.05, 3.63) is 46.5 Å². The summed E-state index contributed by atoms with van der Waals surface area (Å²) < 4.78 is 5.36. The first-order chi connectivity index (χ1) is 10.1. The quantitative estimate of drug-likeness (QED) is 0.744. The smallest absolute Gasteiger partial charge is 0.205 e. The van der Waals surface area contributed by atoms with Crippen molar-refractivity contribution >= 4 is 34.3 Å². The van der Waals surface area contributed by atoms with E-state index in [0.29, 0.717) is 16.7 Å². The first-order valence-corrected chi connectivity index (χ1v) is 7.02. The van der Waals surface area contributed by atoms with Crippen LogP contribution in [0.25, 0.3) is 11.0 Å². The Morgan fingerprint density at radius 2 is 2.00 bits per heavy atom. The summed E-state index contributed by atoms with van der Waals surface area (Å²) in [5.74, 6) is 1.36. The number of hydrogen-bond acceptors (Lipinski definition) is 3. The molecule has 3 aromatic rings. The number of aromatic nitrogens is 2. The molecule has 0 aliphatic carbocycles. The standard InChI is InChI=1S/C16H16ClN3O/c1-9-4-5-12-13(6-9)19-16(18-12)20-14-7-10(2)11(17)8-15(14)21-3/h4-8H,1-3H3,(H2,18,19,20). The second-order valence-corrected chi connectivity index (χ2v) is 5.44. The third-order valence-corrected chi connectivity index (χ3v) is 3.78. The molecule has 0 unspecified atom stereocenters. The van der Waals surface area contributed by atoms with Crippen LogP contribution in [0.2, 0.25) is 5.02 Å². The van der Waals surface area contributed by atoms with Gasteiger partial charge in [-0.05, 0) is 43.2 Å². The van der Waals surface area contributed by atoms with Crippen LogP contribution in [-0.2, 0) is 0 Å². The van der Waals surface area contributed by atoms with Gasteiger partial charge in [0.25, 0.3) is 0 Å². The predicted molar refractivity (Wildman–Crippen MR) is 86.9 cm³/mol. The number of methoxy groups -OCH3 is 1. The van der Waals surface area contributed by atoms with Crippen molar-refractivity contribution in [2.45, 2.75) is 13.8 Å². The Labute approximate surface area is 128 Å². The summed E-state index contributed by atoms with van der Waals surface area (Å²) in [7, 11) is 1.62. The molecule has 4 nitrogen and oxygen atoms in total. The monoisotopic (exact) mass is 301 g/mol. The van der Waals surface area contributed by atoms with Crippen molar-refractivity contribution < 1.29 is 4.74 Å². The normalized spacial score (nSPS) is 10.9. The van der Waals surface area contributed by atoms with E-state index in [4.69, 9.17) is 16.3 Å². The molecule has 0 radical (unpaired) electrons. The highest BCUT2D eigenvalue weighted by molar-refractivity contribution is 6.31. The van der Waals surface area contributed by atoms with Crippen LogP contribution in [0.3, 0.4) is 0 Å². The van der Waals surface area contributed by atoms with Gasteiger partial charge in [0.2, 0.25) is 5.95 Å². The number of hydrogen-bond donors (Lipinski definition) is 2. The summed E-state index contributed by atoms with van der Waals surface area (Å²) in [5.41, 5.74) is 4.93. The molecular formula is C16H16ClN3O. The van der Waals surface area contributed by atoms with Crippen molar-refractivity contribution in [2.75, 3.05) is 12.4 Å². The molecule has 21 heavy (non-hydrogen) atoms. The molecule has 2 N–H and O–H groups in total. The highest BCUT2D eigenvalue weighted by atomic mass is 35.5. The van der Waals surface area contributed by atoms with Crippen LogP contribution in [0.1, 0.15) is 11.1 Å². The van der Waals surface area contributed by atoms with Gasteiger partial charge in [-0.25, -0.2) is 4.98 Å². The number of anilines is 2. The van der Waals surface area contributed by atoms with Gasteiger partial charge < -0.3 is 15.0 Å². The minimum absolute atomic E-state index is 0.677. The van der Waals surface area contributed by atoms with E-state index >= 15 is 0 Å². The molecule has 3 rings (SSSR count). The topological polar surface area (TPSA) is 49.9 Å². The number of aryl methyl sites for hydroxylation is 2. The number of rotatable bonds is 3. The van der Waals surface area contributed by atoms with E-state index in [9.17, 15) is 0 Å². The maximum absolute atomic E-state index is 6.12. The van der Waals surface area contributed by atoms with E-state index in [2.05, 4.69) is 28.3 Å². The maximum atomic E-state index is 6.12. The highest BCUT2D eigenvalue weighted by Gasteiger charge is 2.09. The van der Waals surface area contributed by atoms with Crippen molar-refractivity contribution in [3.8, 4) is 5.75 Å². The van der Waals surface area contributed by atoms with E-state index in [1.165, 1.54) is 5.56 Å². The number of fused-ring (bicyclic) bond motifs is 1. The average Bonchev–Trinajstić information content (AvgIpc) is 2.84. The minimum Gasteiger partial charge on any atom is -0.495 e. The van der Waals surface area contributed by atoms with E-state index in [1.54, 1.807) is 13.2 Å². The lowest BCUT2D eigenvalue weighted by Crippen LogP contribution is -1.97. The number of benzene rings is 2. The fraction of sp³-hybridized carbons (Fsp3) is 0.188. The van der Waals surface area contributed by atoms with E-state index in [0.717, 1.165) is 22.3 Å². The summed E-state index contributed by atoms with van der Waals surface area (Å²) in [5, 5.41) is 3.93. The molecule has 1 aromatic heterocycles. The zero-order valence-electron chi connectivity index (χ0n) is 12.1. The summed E-state index contributed by atoms with van der Waals surface area (Å²) in [6.45, 7) is 4.01. The van der Waals surface area contributed by atoms with Crippen molar-refractivity contribution in [1.82, 2.24) is 9.97 Å². The zero-order chi connectivity index (χ0) is 15.0. The maximum Gasteiger partial charge on any atom is 0.205 e. The van der Waals surface area contributed by atoms with Gasteiger partial charge in [0.15, 0.2) is 0 Å².